The van der Waals surface area contributed by atoms with Crippen molar-refractivity contribution in [2.75, 3.05) is 5.33 Å². The zero-order valence-electron chi connectivity index (χ0n) is 7.02. The fraction of sp³-hybridized carbons (Fsp3) is 0.400. The van der Waals surface area contributed by atoms with Crippen molar-refractivity contribution in [3.8, 4) is 0 Å². The highest BCUT2D eigenvalue weighted by molar-refractivity contribution is 9.09. The van der Waals surface area contributed by atoms with Crippen LogP contribution in [0, 0.1) is 13.8 Å². The first-order chi connectivity index (χ1) is 5.24. The molecule has 0 aromatic heterocycles. The van der Waals surface area contributed by atoms with E-state index in [1.165, 1.54) is 16.7 Å². The Labute approximate surface area is 76.8 Å². The molecular formula is C10H13Br. The molecule has 0 spiro atoms. The van der Waals surface area contributed by atoms with Crippen LogP contribution in [0.2, 0.25) is 0 Å². The molecular weight excluding hydrogens is 200 g/mol. The van der Waals surface area contributed by atoms with E-state index in [4.69, 9.17) is 0 Å². The third kappa shape index (κ3) is 2.33. The molecule has 0 unspecified atom stereocenters. The van der Waals surface area contributed by atoms with E-state index in [1.807, 2.05) is 0 Å². The van der Waals surface area contributed by atoms with Crippen LogP contribution in [-0.4, -0.2) is 5.33 Å². The predicted molar refractivity (Wildman–Crippen MR) is 53.4 cm³/mol. The summed E-state index contributed by atoms with van der Waals surface area (Å²) in [6, 6.07) is 6.65. The van der Waals surface area contributed by atoms with E-state index >= 15 is 0 Å². The largest absolute Gasteiger partial charge is 0.0924 e. The van der Waals surface area contributed by atoms with Crippen molar-refractivity contribution >= 4 is 15.9 Å². The summed E-state index contributed by atoms with van der Waals surface area (Å²) in [6.07, 6.45) is 1.13. The van der Waals surface area contributed by atoms with Crippen LogP contribution in [0.1, 0.15) is 16.7 Å². The van der Waals surface area contributed by atoms with Crippen LogP contribution in [0.5, 0.6) is 0 Å². The number of hydrogen-bond acceptors (Lipinski definition) is 0. The van der Waals surface area contributed by atoms with Gasteiger partial charge in [0.2, 0.25) is 0 Å². The minimum Gasteiger partial charge on any atom is -0.0924 e. The molecule has 0 heterocycles. The molecule has 0 nitrogen and oxygen atoms in total. The Morgan fingerprint density at radius 1 is 1.18 bits per heavy atom. The Hall–Kier alpha value is -0.300. The third-order valence-electron chi connectivity index (χ3n) is 1.95. The quantitative estimate of drug-likeness (QED) is 0.661. The van der Waals surface area contributed by atoms with E-state index in [9.17, 15) is 0 Å². The van der Waals surface area contributed by atoms with Crippen LogP contribution < -0.4 is 0 Å². The van der Waals surface area contributed by atoms with Gasteiger partial charge < -0.3 is 0 Å². The number of hydrogen-bond donors (Lipinski definition) is 0. The molecule has 60 valence electrons. The number of halogens is 1. The van der Waals surface area contributed by atoms with E-state index < -0.39 is 0 Å². The predicted octanol–water partition coefficient (Wildman–Crippen LogP) is 3.24. The van der Waals surface area contributed by atoms with Gasteiger partial charge >= 0.3 is 0 Å². The molecule has 0 aliphatic rings. The molecule has 0 fully saturated rings. The monoisotopic (exact) mass is 212 g/mol. The lowest BCUT2D eigenvalue weighted by molar-refractivity contribution is 1.15. The molecule has 0 aliphatic carbocycles. The summed E-state index contributed by atoms with van der Waals surface area (Å²) in [4.78, 5) is 0. The molecule has 0 bridgehead atoms. The van der Waals surface area contributed by atoms with Gasteiger partial charge in [0.1, 0.15) is 0 Å². The topological polar surface area (TPSA) is 0 Å². The summed E-state index contributed by atoms with van der Waals surface area (Å²) < 4.78 is 0. The maximum absolute atomic E-state index is 3.43. The van der Waals surface area contributed by atoms with Gasteiger partial charge in [-0.25, -0.2) is 0 Å². The first-order valence-corrected chi connectivity index (χ1v) is 4.98. The lowest BCUT2D eigenvalue weighted by atomic mass is 10.1. The summed E-state index contributed by atoms with van der Waals surface area (Å²) in [5.41, 5.74) is 4.19. The minimum absolute atomic E-state index is 1.05. The SMILES string of the molecule is Cc1ccc(CCBr)cc1C. The van der Waals surface area contributed by atoms with Crippen LogP contribution in [0.25, 0.3) is 0 Å². The Morgan fingerprint density at radius 2 is 1.91 bits per heavy atom. The van der Waals surface area contributed by atoms with Crippen molar-refractivity contribution in [2.24, 2.45) is 0 Å². The average Bonchev–Trinajstić information content (AvgIpc) is 1.98. The second-order valence-electron chi connectivity index (χ2n) is 2.86. The van der Waals surface area contributed by atoms with Gasteiger partial charge in [0.25, 0.3) is 0 Å². The minimum atomic E-state index is 1.05. The smallest absolute Gasteiger partial charge is 0.00718 e. The van der Waals surface area contributed by atoms with Crippen LogP contribution in [-0.2, 0) is 6.42 Å². The summed E-state index contributed by atoms with van der Waals surface area (Å²) in [7, 11) is 0. The van der Waals surface area contributed by atoms with E-state index in [0.717, 1.165) is 11.8 Å². The molecule has 0 atom stereocenters. The number of alkyl halides is 1. The van der Waals surface area contributed by atoms with Crippen molar-refractivity contribution in [3.05, 3.63) is 34.9 Å². The maximum Gasteiger partial charge on any atom is 0.00718 e. The summed E-state index contributed by atoms with van der Waals surface area (Å²) in [6.45, 7) is 4.31. The van der Waals surface area contributed by atoms with Crippen molar-refractivity contribution < 1.29 is 0 Å². The van der Waals surface area contributed by atoms with E-state index in [-0.39, 0.29) is 0 Å². The zero-order valence-corrected chi connectivity index (χ0v) is 8.61. The van der Waals surface area contributed by atoms with Crippen molar-refractivity contribution in [3.63, 3.8) is 0 Å². The fourth-order valence-corrected chi connectivity index (χ4v) is 1.53. The molecule has 1 aromatic carbocycles. The molecule has 0 N–H and O–H groups in total. The van der Waals surface area contributed by atoms with Crippen LogP contribution in [0.3, 0.4) is 0 Å². The van der Waals surface area contributed by atoms with E-state index in [0.29, 0.717) is 0 Å². The fourth-order valence-electron chi connectivity index (χ4n) is 1.07. The van der Waals surface area contributed by atoms with Crippen LogP contribution in [0.15, 0.2) is 18.2 Å². The van der Waals surface area contributed by atoms with Gasteiger partial charge in [0.15, 0.2) is 0 Å². The molecule has 1 aromatic rings. The Kier molecular flexibility index (Phi) is 3.13. The van der Waals surface area contributed by atoms with Gasteiger partial charge in [-0.3, -0.25) is 0 Å². The van der Waals surface area contributed by atoms with Crippen molar-refractivity contribution in [2.45, 2.75) is 20.3 Å². The Bertz CT molecular complexity index is 241. The molecule has 0 saturated heterocycles. The van der Waals surface area contributed by atoms with Gasteiger partial charge in [-0.05, 0) is 37.0 Å². The van der Waals surface area contributed by atoms with Gasteiger partial charge in [-0.1, -0.05) is 34.1 Å². The molecule has 11 heavy (non-hydrogen) atoms. The second kappa shape index (κ2) is 3.91. The number of rotatable bonds is 2. The average molecular weight is 213 g/mol. The Morgan fingerprint density at radius 3 is 2.45 bits per heavy atom. The van der Waals surface area contributed by atoms with Crippen molar-refractivity contribution in [1.82, 2.24) is 0 Å². The van der Waals surface area contributed by atoms with Crippen LogP contribution in [0.4, 0.5) is 0 Å². The van der Waals surface area contributed by atoms with Crippen LogP contribution >= 0.6 is 15.9 Å². The normalized spacial score (nSPS) is 10.1. The Balaban J connectivity index is 2.86. The van der Waals surface area contributed by atoms with Gasteiger partial charge in [-0.15, -0.1) is 0 Å². The zero-order chi connectivity index (χ0) is 8.27. The first kappa shape index (κ1) is 8.79. The number of benzene rings is 1. The van der Waals surface area contributed by atoms with Crippen molar-refractivity contribution in [1.29, 1.82) is 0 Å². The second-order valence-corrected chi connectivity index (χ2v) is 3.65. The van der Waals surface area contributed by atoms with Gasteiger partial charge in [0, 0.05) is 5.33 Å². The lowest BCUT2D eigenvalue weighted by Crippen LogP contribution is -1.88. The highest BCUT2D eigenvalue weighted by atomic mass is 79.9. The molecule has 0 saturated carbocycles. The van der Waals surface area contributed by atoms with E-state index in [1.54, 1.807) is 0 Å². The third-order valence-corrected chi connectivity index (χ3v) is 2.35. The summed E-state index contributed by atoms with van der Waals surface area (Å²) >= 11 is 3.43. The highest BCUT2D eigenvalue weighted by Gasteiger charge is 1.94. The highest BCUT2D eigenvalue weighted by Crippen LogP contribution is 2.10. The molecule has 0 amide bonds. The van der Waals surface area contributed by atoms with Gasteiger partial charge in [0.05, 0.1) is 0 Å². The molecule has 1 heteroatoms. The molecule has 1 rings (SSSR count). The van der Waals surface area contributed by atoms with Gasteiger partial charge in [-0.2, -0.15) is 0 Å². The first-order valence-electron chi connectivity index (χ1n) is 3.86. The molecule has 0 aliphatic heterocycles. The lowest BCUT2D eigenvalue weighted by Gasteiger charge is -2.02. The standard InChI is InChI=1S/C10H13Br/c1-8-3-4-10(5-6-11)7-9(8)2/h3-4,7H,5-6H2,1-2H3. The number of aryl methyl sites for hydroxylation is 3. The summed E-state index contributed by atoms with van der Waals surface area (Å²) in [5, 5.41) is 1.05. The summed E-state index contributed by atoms with van der Waals surface area (Å²) in [5.74, 6) is 0. The molecule has 0 radical (unpaired) electrons. The maximum atomic E-state index is 3.43. The van der Waals surface area contributed by atoms with E-state index in [2.05, 4.69) is 48.0 Å².